The van der Waals surface area contributed by atoms with Crippen molar-refractivity contribution in [2.24, 2.45) is 11.8 Å². The highest BCUT2D eigenvalue weighted by atomic mass is 16.5. The number of ether oxygens (including phenoxy) is 1. The highest BCUT2D eigenvalue weighted by molar-refractivity contribution is 5.31. The van der Waals surface area contributed by atoms with Gasteiger partial charge in [-0.15, -0.1) is 0 Å². The predicted octanol–water partition coefficient (Wildman–Crippen LogP) is 3.67. The Labute approximate surface area is 116 Å². The molecule has 4 unspecified atom stereocenters. The average molecular weight is 259 g/mol. The summed E-state index contributed by atoms with van der Waals surface area (Å²) >= 11 is 0. The molecule has 2 heteroatoms. The van der Waals surface area contributed by atoms with Crippen molar-refractivity contribution in [2.45, 2.75) is 51.8 Å². The predicted molar refractivity (Wildman–Crippen MR) is 77.9 cm³/mol. The molecule has 1 aromatic rings. The van der Waals surface area contributed by atoms with E-state index in [0.29, 0.717) is 12.1 Å². The summed E-state index contributed by atoms with van der Waals surface area (Å²) in [6, 6.07) is 9.74. The lowest BCUT2D eigenvalue weighted by atomic mass is 9.92. The Kier molecular flexibility index (Phi) is 3.90. The molecular formula is C17H25NO. The maximum absolute atomic E-state index is 5.74. The van der Waals surface area contributed by atoms with Crippen LogP contribution in [0.15, 0.2) is 24.3 Å². The van der Waals surface area contributed by atoms with Gasteiger partial charge in [-0.05, 0) is 35.8 Å². The van der Waals surface area contributed by atoms with Crippen LogP contribution in [0.4, 0.5) is 0 Å². The van der Waals surface area contributed by atoms with Crippen molar-refractivity contribution >= 4 is 0 Å². The van der Waals surface area contributed by atoms with E-state index in [9.17, 15) is 0 Å². The molecule has 1 heterocycles. The van der Waals surface area contributed by atoms with Gasteiger partial charge < -0.3 is 10.1 Å². The molecule has 0 spiro atoms. The van der Waals surface area contributed by atoms with Gasteiger partial charge in [-0.2, -0.15) is 0 Å². The summed E-state index contributed by atoms with van der Waals surface area (Å²) in [5.74, 6) is 1.69. The molecule has 0 radical (unpaired) electrons. The lowest BCUT2D eigenvalue weighted by Gasteiger charge is -2.31. The van der Waals surface area contributed by atoms with E-state index in [1.165, 1.54) is 30.4 Å². The van der Waals surface area contributed by atoms with Gasteiger partial charge in [0.05, 0.1) is 19.3 Å². The molecule has 1 aliphatic heterocycles. The highest BCUT2D eigenvalue weighted by Crippen LogP contribution is 2.36. The zero-order valence-electron chi connectivity index (χ0n) is 12.1. The monoisotopic (exact) mass is 259 g/mol. The van der Waals surface area contributed by atoms with Crippen molar-refractivity contribution in [3.05, 3.63) is 35.4 Å². The molecule has 1 N–H and O–H groups in total. The van der Waals surface area contributed by atoms with Crippen molar-refractivity contribution in [2.75, 3.05) is 6.61 Å². The van der Waals surface area contributed by atoms with Gasteiger partial charge in [0.15, 0.2) is 0 Å². The minimum atomic E-state index is 0.382. The number of fused-ring (bicyclic) bond motifs is 1. The summed E-state index contributed by atoms with van der Waals surface area (Å²) in [7, 11) is 0. The van der Waals surface area contributed by atoms with E-state index in [1.54, 1.807) is 0 Å². The number of hydrogen-bond donors (Lipinski definition) is 1. The molecule has 0 aromatic heterocycles. The molecule has 4 atom stereocenters. The third-order valence-corrected chi connectivity index (χ3v) is 5.14. The van der Waals surface area contributed by atoms with E-state index in [4.69, 9.17) is 4.74 Å². The fourth-order valence-electron chi connectivity index (χ4n) is 3.84. The highest BCUT2D eigenvalue weighted by Gasteiger charge is 2.33. The van der Waals surface area contributed by atoms with Crippen LogP contribution in [0.5, 0.6) is 0 Å². The second kappa shape index (κ2) is 5.64. The molecule has 1 aromatic carbocycles. The average Bonchev–Trinajstić information content (AvgIpc) is 2.80. The van der Waals surface area contributed by atoms with Crippen LogP contribution >= 0.6 is 0 Å². The summed E-state index contributed by atoms with van der Waals surface area (Å²) in [6.07, 6.45) is 4.01. The standard InChI is InChI=1S/C17H25NO/c1-3-13-8-9-16(12(13)2)18-17-11-19-10-14-6-4-5-7-15(14)17/h4-7,12-13,16-18H,3,8-11H2,1-2H3. The van der Waals surface area contributed by atoms with Crippen LogP contribution in [0.2, 0.25) is 0 Å². The molecule has 0 amide bonds. The van der Waals surface area contributed by atoms with Crippen LogP contribution in [0, 0.1) is 11.8 Å². The Hall–Kier alpha value is -0.860. The van der Waals surface area contributed by atoms with Crippen LogP contribution in [0.1, 0.15) is 50.3 Å². The van der Waals surface area contributed by atoms with Gasteiger partial charge in [-0.1, -0.05) is 44.5 Å². The minimum absolute atomic E-state index is 0.382. The topological polar surface area (TPSA) is 21.3 Å². The molecule has 0 saturated heterocycles. The first-order valence-electron chi connectivity index (χ1n) is 7.71. The Morgan fingerprint density at radius 2 is 2.11 bits per heavy atom. The van der Waals surface area contributed by atoms with Crippen molar-refractivity contribution in [1.29, 1.82) is 0 Å². The second-order valence-electron chi connectivity index (χ2n) is 6.14. The van der Waals surface area contributed by atoms with Gasteiger partial charge in [0.2, 0.25) is 0 Å². The summed E-state index contributed by atoms with van der Waals surface area (Å²) in [5.41, 5.74) is 2.80. The van der Waals surface area contributed by atoms with Crippen LogP contribution in [-0.2, 0) is 11.3 Å². The van der Waals surface area contributed by atoms with Crippen molar-refractivity contribution < 1.29 is 4.74 Å². The quantitative estimate of drug-likeness (QED) is 0.894. The third-order valence-electron chi connectivity index (χ3n) is 5.14. The summed E-state index contributed by atoms with van der Waals surface area (Å²) < 4.78 is 5.74. The zero-order valence-corrected chi connectivity index (χ0v) is 12.1. The third kappa shape index (κ3) is 2.56. The number of nitrogens with one attached hydrogen (secondary N) is 1. The smallest absolute Gasteiger partial charge is 0.0721 e. The SMILES string of the molecule is CCC1CCC(NC2COCc3ccccc32)C1C. The Bertz CT molecular complexity index is 431. The van der Waals surface area contributed by atoms with E-state index >= 15 is 0 Å². The van der Waals surface area contributed by atoms with E-state index in [1.807, 2.05) is 0 Å². The van der Waals surface area contributed by atoms with Crippen LogP contribution in [0.3, 0.4) is 0 Å². The molecule has 19 heavy (non-hydrogen) atoms. The van der Waals surface area contributed by atoms with Crippen LogP contribution < -0.4 is 5.32 Å². The Morgan fingerprint density at radius 1 is 1.26 bits per heavy atom. The minimum Gasteiger partial charge on any atom is -0.375 e. The Balaban J connectivity index is 1.71. The maximum atomic E-state index is 5.74. The van der Waals surface area contributed by atoms with Crippen molar-refractivity contribution in [3.8, 4) is 0 Å². The van der Waals surface area contributed by atoms with E-state index < -0.39 is 0 Å². The Morgan fingerprint density at radius 3 is 2.89 bits per heavy atom. The van der Waals surface area contributed by atoms with Gasteiger partial charge in [-0.3, -0.25) is 0 Å². The normalized spacial score (nSPS) is 34.2. The molecule has 1 saturated carbocycles. The maximum Gasteiger partial charge on any atom is 0.0721 e. The molecule has 3 rings (SSSR count). The van der Waals surface area contributed by atoms with E-state index in [0.717, 1.165) is 25.0 Å². The van der Waals surface area contributed by atoms with Gasteiger partial charge in [0, 0.05) is 6.04 Å². The molecular weight excluding hydrogens is 234 g/mol. The lowest BCUT2D eigenvalue weighted by Crippen LogP contribution is -2.39. The van der Waals surface area contributed by atoms with E-state index in [2.05, 4.69) is 43.4 Å². The molecule has 104 valence electrons. The zero-order chi connectivity index (χ0) is 13.2. The summed E-state index contributed by atoms with van der Waals surface area (Å²) in [5, 5.41) is 3.86. The van der Waals surface area contributed by atoms with Crippen molar-refractivity contribution in [3.63, 3.8) is 0 Å². The molecule has 1 fully saturated rings. The molecule has 0 bridgehead atoms. The number of hydrogen-bond acceptors (Lipinski definition) is 2. The van der Waals surface area contributed by atoms with Gasteiger partial charge >= 0.3 is 0 Å². The molecule has 2 nitrogen and oxygen atoms in total. The largest absolute Gasteiger partial charge is 0.375 e. The molecule has 2 aliphatic rings. The fourth-order valence-corrected chi connectivity index (χ4v) is 3.84. The first-order chi connectivity index (χ1) is 9.29. The number of rotatable bonds is 3. The summed E-state index contributed by atoms with van der Waals surface area (Å²) in [4.78, 5) is 0. The first kappa shape index (κ1) is 13.1. The van der Waals surface area contributed by atoms with Gasteiger partial charge in [0.1, 0.15) is 0 Å². The lowest BCUT2D eigenvalue weighted by molar-refractivity contribution is 0.0762. The fraction of sp³-hybridized carbons (Fsp3) is 0.647. The van der Waals surface area contributed by atoms with E-state index in [-0.39, 0.29) is 0 Å². The van der Waals surface area contributed by atoms with Crippen LogP contribution in [0.25, 0.3) is 0 Å². The second-order valence-corrected chi connectivity index (χ2v) is 6.14. The van der Waals surface area contributed by atoms with Gasteiger partial charge in [0.25, 0.3) is 0 Å². The number of benzene rings is 1. The summed E-state index contributed by atoms with van der Waals surface area (Å²) in [6.45, 7) is 6.32. The first-order valence-corrected chi connectivity index (χ1v) is 7.71. The van der Waals surface area contributed by atoms with Crippen molar-refractivity contribution in [1.82, 2.24) is 5.32 Å². The van der Waals surface area contributed by atoms with Gasteiger partial charge in [-0.25, -0.2) is 0 Å². The van der Waals surface area contributed by atoms with Crippen LogP contribution in [-0.4, -0.2) is 12.6 Å². The molecule has 1 aliphatic carbocycles.